The summed E-state index contributed by atoms with van der Waals surface area (Å²) >= 11 is 2.04. The highest BCUT2D eigenvalue weighted by molar-refractivity contribution is 8.00. The van der Waals surface area contributed by atoms with Crippen LogP contribution in [0.2, 0.25) is 0 Å². The molecule has 1 saturated heterocycles. The Labute approximate surface area is 113 Å². The van der Waals surface area contributed by atoms with Gasteiger partial charge in [-0.3, -0.25) is 4.90 Å². The van der Waals surface area contributed by atoms with Crippen molar-refractivity contribution in [2.24, 2.45) is 5.73 Å². The molecule has 18 heavy (non-hydrogen) atoms. The van der Waals surface area contributed by atoms with Crippen molar-refractivity contribution in [1.29, 1.82) is 0 Å². The standard InChI is InChI=1S/C14H21FN2S/c1-2-13-10-17(6-7-18-13)14(9-16)11-4-3-5-12(15)8-11/h3-5,8,13-14H,2,6-7,9-10,16H2,1H3. The van der Waals surface area contributed by atoms with Crippen LogP contribution in [-0.4, -0.2) is 35.5 Å². The number of nitrogens with two attached hydrogens (primary N) is 1. The van der Waals surface area contributed by atoms with E-state index in [1.165, 1.54) is 12.5 Å². The molecule has 2 unspecified atom stereocenters. The lowest BCUT2D eigenvalue weighted by molar-refractivity contribution is 0.207. The molecule has 2 N–H and O–H groups in total. The molecule has 4 heteroatoms. The molecule has 0 radical (unpaired) electrons. The van der Waals surface area contributed by atoms with Crippen LogP contribution in [0.15, 0.2) is 24.3 Å². The minimum Gasteiger partial charge on any atom is -0.329 e. The van der Waals surface area contributed by atoms with Crippen LogP contribution in [-0.2, 0) is 0 Å². The van der Waals surface area contributed by atoms with Gasteiger partial charge in [-0.15, -0.1) is 0 Å². The van der Waals surface area contributed by atoms with E-state index in [2.05, 4.69) is 11.8 Å². The van der Waals surface area contributed by atoms with E-state index in [9.17, 15) is 4.39 Å². The Kier molecular flexibility index (Phi) is 5.03. The average molecular weight is 268 g/mol. The molecule has 1 aliphatic rings. The summed E-state index contributed by atoms with van der Waals surface area (Å²) in [5, 5.41) is 0.682. The number of benzene rings is 1. The van der Waals surface area contributed by atoms with Crippen LogP contribution in [0, 0.1) is 5.82 Å². The van der Waals surface area contributed by atoms with E-state index in [0.717, 1.165) is 24.4 Å². The fourth-order valence-electron chi connectivity index (χ4n) is 2.48. The zero-order chi connectivity index (χ0) is 13.0. The Hall–Kier alpha value is -0.580. The van der Waals surface area contributed by atoms with Gasteiger partial charge in [-0.2, -0.15) is 11.8 Å². The number of hydrogen-bond donors (Lipinski definition) is 1. The summed E-state index contributed by atoms with van der Waals surface area (Å²) in [4.78, 5) is 2.40. The first-order chi connectivity index (χ1) is 8.74. The quantitative estimate of drug-likeness (QED) is 0.910. The lowest BCUT2D eigenvalue weighted by atomic mass is 10.0. The van der Waals surface area contributed by atoms with Crippen molar-refractivity contribution in [1.82, 2.24) is 4.90 Å². The molecule has 2 nitrogen and oxygen atoms in total. The molecule has 0 aromatic heterocycles. The fraction of sp³-hybridized carbons (Fsp3) is 0.571. The zero-order valence-electron chi connectivity index (χ0n) is 10.8. The van der Waals surface area contributed by atoms with Gasteiger partial charge < -0.3 is 5.73 Å². The smallest absolute Gasteiger partial charge is 0.123 e. The molecule has 1 aromatic carbocycles. The molecular weight excluding hydrogens is 247 g/mol. The van der Waals surface area contributed by atoms with Gasteiger partial charge in [-0.1, -0.05) is 19.1 Å². The van der Waals surface area contributed by atoms with Crippen LogP contribution in [0.4, 0.5) is 4.39 Å². The topological polar surface area (TPSA) is 29.3 Å². The second-order valence-electron chi connectivity index (χ2n) is 4.70. The summed E-state index contributed by atoms with van der Waals surface area (Å²) in [5.41, 5.74) is 6.90. The van der Waals surface area contributed by atoms with Gasteiger partial charge in [0.15, 0.2) is 0 Å². The Morgan fingerprint density at radius 3 is 3.06 bits per heavy atom. The highest BCUT2D eigenvalue weighted by Crippen LogP contribution is 2.28. The normalized spacial score (nSPS) is 22.9. The molecule has 1 aromatic rings. The third kappa shape index (κ3) is 3.25. The van der Waals surface area contributed by atoms with E-state index in [4.69, 9.17) is 5.73 Å². The van der Waals surface area contributed by atoms with Crippen molar-refractivity contribution in [2.75, 3.05) is 25.4 Å². The van der Waals surface area contributed by atoms with Crippen molar-refractivity contribution in [3.63, 3.8) is 0 Å². The molecule has 0 bridgehead atoms. The van der Waals surface area contributed by atoms with Crippen molar-refractivity contribution < 1.29 is 4.39 Å². The molecular formula is C14H21FN2S. The van der Waals surface area contributed by atoms with Crippen molar-refractivity contribution in [3.05, 3.63) is 35.6 Å². The molecule has 1 fully saturated rings. The van der Waals surface area contributed by atoms with Gasteiger partial charge in [-0.05, 0) is 24.1 Å². The number of nitrogens with zero attached hydrogens (tertiary/aromatic N) is 1. The van der Waals surface area contributed by atoms with Crippen LogP contribution in [0.25, 0.3) is 0 Å². The number of thioether (sulfide) groups is 1. The van der Waals surface area contributed by atoms with Crippen molar-refractivity contribution in [3.8, 4) is 0 Å². The Bertz CT molecular complexity index is 386. The van der Waals surface area contributed by atoms with Gasteiger partial charge in [0.05, 0.1) is 0 Å². The summed E-state index contributed by atoms with van der Waals surface area (Å²) in [7, 11) is 0. The van der Waals surface area contributed by atoms with Gasteiger partial charge in [0.25, 0.3) is 0 Å². The molecule has 2 atom stereocenters. The first-order valence-corrected chi connectivity index (χ1v) is 7.60. The van der Waals surface area contributed by atoms with Gasteiger partial charge in [0.1, 0.15) is 5.82 Å². The Balaban J connectivity index is 2.12. The second-order valence-corrected chi connectivity index (χ2v) is 6.11. The SMILES string of the molecule is CCC1CN(C(CN)c2cccc(F)c2)CCS1. The van der Waals surface area contributed by atoms with Gasteiger partial charge in [0.2, 0.25) is 0 Å². The first-order valence-electron chi connectivity index (χ1n) is 6.55. The molecule has 1 heterocycles. The minimum absolute atomic E-state index is 0.149. The monoisotopic (exact) mass is 268 g/mol. The van der Waals surface area contributed by atoms with Crippen LogP contribution < -0.4 is 5.73 Å². The number of halogens is 1. The van der Waals surface area contributed by atoms with Crippen molar-refractivity contribution in [2.45, 2.75) is 24.6 Å². The molecule has 1 aliphatic heterocycles. The maximum Gasteiger partial charge on any atom is 0.123 e. The van der Waals surface area contributed by atoms with Crippen LogP contribution in [0.5, 0.6) is 0 Å². The molecule has 0 amide bonds. The predicted octanol–water partition coefficient (Wildman–Crippen LogP) is 2.65. The van der Waals surface area contributed by atoms with Gasteiger partial charge in [0, 0.05) is 36.7 Å². The van der Waals surface area contributed by atoms with Crippen LogP contribution >= 0.6 is 11.8 Å². The highest BCUT2D eigenvalue weighted by Gasteiger charge is 2.25. The molecule has 0 saturated carbocycles. The lowest BCUT2D eigenvalue weighted by Gasteiger charge is -2.37. The predicted molar refractivity (Wildman–Crippen MR) is 76.3 cm³/mol. The maximum absolute atomic E-state index is 13.3. The highest BCUT2D eigenvalue weighted by atomic mass is 32.2. The largest absolute Gasteiger partial charge is 0.329 e. The summed E-state index contributed by atoms with van der Waals surface area (Å²) in [6.45, 7) is 4.87. The maximum atomic E-state index is 13.3. The van der Waals surface area contributed by atoms with E-state index in [-0.39, 0.29) is 11.9 Å². The van der Waals surface area contributed by atoms with Gasteiger partial charge >= 0.3 is 0 Å². The van der Waals surface area contributed by atoms with E-state index in [0.29, 0.717) is 11.8 Å². The minimum atomic E-state index is -0.177. The fourth-order valence-corrected chi connectivity index (χ4v) is 3.69. The third-order valence-electron chi connectivity index (χ3n) is 3.52. The average Bonchev–Trinajstić information content (AvgIpc) is 2.40. The summed E-state index contributed by atoms with van der Waals surface area (Å²) in [5.74, 6) is 0.967. The number of rotatable bonds is 4. The third-order valence-corrected chi connectivity index (χ3v) is 4.90. The zero-order valence-corrected chi connectivity index (χ0v) is 11.6. The van der Waals surface area contributed by atoms with Crippen LogP contribution in [0.1, 0.15) is 24.9 Å². The second kappa shape index (κ2) is 6.55. The van der Waals surface area contributed by atoms with E-state index < -0.39 is 0 Å². The molecule has 2 rings (SSSR count). The Morgan fingerprint density at radius 1 is 1.56 bits per heavy atom. The number of hydrogen-bond acceptors (Lipinski definition) is 3. The Morgan fingerprint density at radius 2 is 2.39 bits per heavy atom. The molecule has 0 spiro atoms. The van der Waals surface area contributed by atoms with E-state index >= 15 is 0 Å². The molecule has 100 valence electrons. The summed E-state index contributed by atoms with van der Waals surface area (Å²) in [6, 6.07) is 6.99. The summed E-state index contributed by atoms with van der Waals surface area (Å²) < 4.78 is 13.3. The van der Waals surface area contributed by atoms with E-state index in [1.54, 1.807) is 12.1 Å². The van der Waals surface area contributed by atoms with E-state index in [1.807, 2.05) is 17.8 Å². The van der Waals surface area contributed by atoms with Crippen molar-refractivity contribution >= 4 is 11.8 Å². The summed E-state index contributed by atoms with van der Waals surface area (Å²) in [6.07, 6.45) is 1.18. The van der Waals surface area contributed by atoms with Gasteiger partial charge in [-0.25, -0.2) is 4.39 Å². The molecule has 0 aliphatic carbocycles. The first kappa shape index (κ1) is 13.8. The van der Waals surface area contributed by atoms with Crippen LogP contribution in [0.3, 0.4) is 0 Å². The lowest BCUT2D eigenvalue weighted by Crippen LogP contribution is -2.42.